The molecule has 180 valence electrons. The first-order chi connectivity index (χ1) is 15.6. The Kier molecular flexibility index (Phi) is 6.83. The molecule has 2 aliphatic heterocycles. The zero-order valence-corrected chi connectivity index (χ0v) is 20.6. The van der Waals surface area contributed by atoms with Crippen molar-refractivity contribution < 1.29 is 19.5 Å². The molecule has 3 amide bonds. The van der Waals surface area contributed by atoms with E-state index in [-0.39, 0.29) is 35.1 Å². The van der Waals surface area contributed by atoms with Crippen molar-refractivity contribution in [3.05, 3.63) is 33.8 Å². The lowest BCUT2D eigenvalue weighted by molar-refractivity contribution is -0.142. The molecule has 0 spiro atoms. The molecule has 3 aliphatic rings. The fourth-order valence-electron chi connectivity index (χ4n) is 5.24. The molecule has 7 nitrogen and oxygen atoms in total. The Labute approximate surface area is 204 Å². The molecule has 4 rings (SSSR count). The second kappa shape index (κ2) is 9.34. The van der Waals surface area contributed by atoms with E-state index in [1.165, 1.54) is 4.90 Å². The number of carbonyl (C=O) groups is 3. The molecule has 0 radical (unpaired) electrons. The summed E-state index contributed by atoms with van der Waals surface area (Å²) in [7, 11) is 0. The fourth-order valence-corrected chi connectivity index (χ4v) is 5.54. The van der Waals surface area contributed by atoms with Gasteiger partial charge in [0, 0.05) is 50.0 Å². The quantitative estimate of drug-likeness (QED) is 0.658. The van der Waals surface area contributed by atoms with Crippen LogP contribution in [0.4, 0.5) is 4.79 Å². The zero-order valence-electron chi connectivity index (χ0n) is 19.1. The van der Waals surface area contributed by atoms with Crippen LogP contribution in [0.2, 0.25) is 10.0 Å². The Morgan fingerprint density at radius 3 is 2.30 bits per heavy atom. The maximum atomic E-state index is 13.4. The minimum absolute atomic E-state index is 0.0498. The van der Waals surface area contributed by atoms with Crippen LogP contribution >= 0.6 is 23.2 Å². The molecule has 3 fully saturated rings. The van der Waals surface area contributed by atoms with Crippen LogP contribution in [0.1, 0.15) is 51.0 Å². The molecule has 0 aromatic heterocycles. The fraction of sp³-hybridized carbons (Fsp3) is 0.625. The van der Waals surface area contributed by atoms with Gasteiger partial charge in [-0.3, -0.25) is 9.59 Å². The van der Waals surface area contributed by atoms with Crippen molar-refractivity contribution >= 4 is 41.1 Å². The van der Waals surface area contributed by atoms with Crippen molar-refractivity contribution in [3.8, 4) is 0 Å². The molecule has 33 heavy (non-hydrogen) atoms. The molecule has 0 bridgehead atoms. The van der Waals surface area contributed by atoms with E-state index in [0.717, 1.165) is 18.4 Å². The van der Waals surface area contributed by atoms with Gasteiger partial charge in [-0.05, 0) is 50.3 Å². The Morgan fingerprint density at radius 1 is 1.09 bits per heavy atom. The van der Waals surface area contributed by atoms with Crippen LogP contribution in [-0.4, -0.2) is 76.5 Å². The predicted molar refractivity (Wildman–Crippen MR) is 127 cm³/mol. The maximum absolute atomic E-state index is 13.4. The number of hydrogen-bond acceptors (Lipinski definition) is 3. The van der Waals surface area contributed by atoms with Gasteiger partial charge < -0.3 is 19.8 Å². The van der Waals surface area contributed by atoms with E-state index in [2.05, 4.69) is 0 Å². The number of carboxylic acid groups (broad SMARTS) is 1. The summed E-state index contributed by atoms with van der Waals surface area (Å²) in [6.45, 7) is 6.14. The van der Waals surface area contributed by atoms with Crippen molar-refractivity contribution in [2.45, 2.75) is 51.5 Å². The van der Waals surface area contributed by atoms with E-state index in [9.17, 15) is 19.5 Å². The molecule has 0 unspecified atom stereocenters. The molecule has 2 saturated heterocycles. The van der Waals surface area contributed by atoms with Gasteiger partial charge in [0.05, 0.1) is 16.1 Å². The second-order valence-corrected chi connectivity index (χ2v) is 10.6. The third kappa shape index (κ3) is 4.80. The minimum Gasteiger partial charge on any atom is -0.465 e. The van der Waals surface area contributed by atoms with Gasteiger partial charge in [0.2, 0.25) is 11.8 Å². The number of amides is 3. The first-order valence-electron chi connectivity index (χ1n) is 11.7. The summed E-state index contributed by atoms with van der Waals surface area (Å²) in [6, 6.07) is 4.99. The van der Waals surface area contributed by atoms with Crippen LogP contribution in [0.25, 0.3) is 0 Å². The van der Waals surface area contributed by atoms with Crippen molar-refractivity contribution in [1.29, 1.82) is 0 Å². The average Bonchev–Trinajstić information content (AvgIpc) is 3.40. The van der Waals surface area contributed by atoms with Crippen LogP contribution in [0.5, 0.6) is 0 Å². The summed E-state index contributed by atoms with van der Waals surface area (Å²) in [5.41, 5.74) is 0.689. The van der Waals surface area contributed by atoms with E-state index in [1.54, 1.807) is 24.0 Å². The predicted octanol–water partition coefficient (Wildman–Crippen LogP) is 4.33. The number of piperidine rings is 1. The Bertz CT molecular complexity index is 944. The number of likely N-dealkylation sites (N-methyl/N-ethyl adjacent to an activating group) is 1. The van der Waals surface area contributed by atoms with Gasteiger partial charge in [-0.25, -0.2) is 4.79 Å². The van der Waals surface area contributed by atoms with Crippen LogP contribution < -0.4 is 0 Å². The molecule has 1 N–H and O–H groups in total. The van der Waals surface area contributed by atoms with E-state index in [4.69, 9.17) is 23.2 Å². The number of likely N-dealkylation sites (tertiary alicyclic amines) is 2. The Balaban J connectivity index is 1.47. The van der Waals surface area contributed by atoms with Crippen molar-refractivity contribution in [2.75, 3.05) is 32.7 Å². The summed E-state index contributed by atoms with van der Waals surface area (Å²) in [6.07, 6.45) is 2.20. The molecule has 1 aromatic carbocycles. The lowest BCUT2D eigenvalue weighted by atomic mass is 9.93. The molecular formula is C24H31Cl2N3O4. The second-order valence-electron chi connectivity index (χ2n) is 9.79. The summed E-state index contributed by atoms with van der Waals surface area (Å²) in [5, 5.41) is 10.6. The zero-order chi connectivity index (χ0) is 23.9. The summed E-state index contributed by atoms with van der Waals surface area (Å²) < 4.78 is 0. The molecule has 9 heteroatoms. The highest BCUT2D eigenvalue weighted by Gasteiger charge is 2.48. The molecule has 2 heterocycles. The van der Waals surface area contributed by atoms with E-state index >= 15 is 0 Å². The third-order valence-electron chi connectivity index (χ3n) is 7.61. The van der Waals surface area contributed by atoms with Gasteiger partial charge in [0.15, 0.2) is 0 Å². The Hall–Kier alpha value is -1.99. The number of nitrogens with zero attached hydrogens (tertiary/aromatic N) is 3. The van der Waals surface area contributed by atoms with Gasteiger partial charge in [-0.15, -0.1) is 0 Å². The summed E-state index contributed by atoms with van der Waals surface area (Å²) in [4.78, 5) is 43.1. The summed E-state index contributed by atoms with van der Waals surface area (Å²) in [5.74, 6) is -0.0616. The molecule has 2 atom stereocenters. The largest absolute Gasteiger partial charge is 0.465 e. The van der Waals surface area contributed by atoms with Crippen LogP contribution in [-0.2, 0) is 9.59 Å². The smallest absolute Gasteiger partial charge is 0.407 e. The van der Waals surface area contributed by atoms with Gasteiger partial charge in [0.25, 0.3) is 0 Å². The minimum atomic E-state index is -0.998. The highest BCUT2D eigenvalue weighted by Crippen LogP contribution is 2.47. The molecule has 1 aromatic rings. The van der Waals surface area contributed by atoms with Gasteiger partial charge in [0.1, 0.15) is 0 Å². The van der Waals surface area contributed by atoms with Gasteiger partial charge in [-0.2, -0.15) is 0 Å². The number of rotatable bonds is 5. The monoisotopic (exact) mass is 495 g/mol. The standard InChI is InChI=1S/C24H31Cl2N3O4/c1-3-29(23(32)33)20-14-28(13-17(20)16-4-5-18(25)19(26)12-16)21(30)15-6-10-27(11-7-15)22(31)24(2)8-9-24/h4-5,12,15,17,20H,3,6-11,13-14H2,1-2H3,(H,32,33)/t17-,20+/m1/s1. The maximum Gasteiger partial charge on any atom is 0.407 e. The number of benzene rings is 1. The number of hydrogen-bond donors (Lipinski definition) is 1. The highest BCUT2D eigenvalue weighted by atomic mass is 35.5. The number of carbonyl (C=O) groups excluding carboxylic acids is 2. The molecular weight excluding hydrogens is 465 g/mol. The summed E-state index contributed by atoms with van der Waals surface area (Å²) >= 11 is 12.3. The average molecular weight is 496 g/mol. The van der Waals surface area contributed by atoms with Crippen molar-refractivity contribution in [2.24, 2.45) is 11.3 Å². The molecule has 1 saturated carbocycles. The van der Waals surface area contributed by atoms with Gasteiger partial charge in [-0.1, -0.05) is 36.2 Å². The van der Waals surface area contributed by atoms with Crippen molar-refractivity contribution in [3.63, 3.8) is 0 Å². The van der Waals surface area contributed by atoms with Crippen LogP contribution in [0, 0.1) is 11.3 Å². The topological polar surface area (TPSA) is 81.2 Å². The SMILES string of the molecule is CCN(C(=O)O)[C@H]1CN(C(=O)C2CCN(C(=O)C3(C)CC3)CC2)C[C@@H]1c1ccc(Cl)c(Cl)c1. The lowest BCUT2D eigenvalue weighted by Crippen LogP contribution is -2.47. The highest BCUT2D eigenvalue weighted by molar-refractivity contribution is 6.42. The van der Waals surface area contributed by atoms with E-state index < -0.39 is 6.09 Å². The van der Waals surface area contributed by atoms with Crippen LogP contribution in [0.15, 0.2) is 18.2 Å². The van der Waals surface area contributed by atoms with E-state index in [1.807, 2.05) is 17.9 Å². The lowest BCUT2D eigenvalue weighted by Gasteiger charge is -2.34. The van der Waals surface area contributed by atoms with Crippen LogP contribution in [0.3, 0.4) is 0 Å². The first kappa shape index (κ1) is 24.1. The molecule has 1 aliphatic carbocycles. The van der Waals surface area contributed by atoms with E-state index in [0.29, 0.717) is 55.6 Å². The Morgan fingerprint density at radius 2 is 1.76 bits per heavy atom. The normalized spacial score (nSPS) is 24.6. The first-order valence-corrected chi connectivity index (χ1v) is 12.4. The number of halogens is 2. The van der Waals surface area contributed by atoms with Crippen molar-refractivity contribution in [1.82, 2.24) is 14.7 Å². The van der Waals surface area contributed by atoms with Gasteiger partial charge >= 0.3 is 6.09 Å². The third-order valence-corrected chi connectivity index (χ3v) is 8.35.